The van der Waals surface area contributed by atoms with Crippen LogP contribution in [0.3, 0.4) is 0 Å². The van der Waals surface area contributed by atoms with E-state index in [4.69, 9.17) is 0 Å². The average molecular weight is 437 g/mol. The average Bonchev–Trinajstić information content (AvgIpc) is 3.52. The molecule has 3 atom stereocenters. The van der Waals surface area contributed by atoms with E-state index in [0.717, 1.165) is 38.9 Å². The normalized spacial score (nSPS) is 22.7. The second kappa shape index (κ2) is 8.54. The molecule has 2 N–H and O–H groups in total. The number of nitrogens with zero attached hydrogens (tertiary/aromatic N) is 2. The lowest BCUT2D eigenvalue weighted by molar-refractivity contribution is -0.123. The van der Waals surface area contributed by atoms with Crippen LogP contribution >= 0.6 is 0 Å². The molecule has 1 aromatic heterocycles. The van der Waals surface area contributed by atoms with Gasteiger partial charge in [0.15, 0.2) is 0 Å². The number of halogens is 1. The molecule has 0 bridgehead atoms. The van der Waals surface area contributed by atoms with Gasteiger partial charge in [0.2, 0.25) is 5.91 Å². The van der Waals surface area contributed by atoms with E-state index in [0.29, 0.717) is 11.4 Å². The predicted octanol–water partition coefficient (Wildman–Crippen LogP) is 3.41. The number of likely N-dealkylation sites (tertiary alicyclic amines) is 1. The van der Waals surface area contributed by atoms with Crippen LogP contribution in [-0.4, -0.2) is 46.0 Å². The smallest absolute Gasteiger partial charge is 0.326 e. The first-order valence-corrected chi connectivity index (χ1v) is 11.5. The molecular formula is C25H29FN4O2. The molecule has 2 aromatic carbocycles. The van der Waals surface area contributed by atoms with E-state index in [-0.39, 0.29) is 35.1 Å². The van der Waals surface area contributed by atoms with Gasteiger partial charge in [0, 0.05) is 37.6 Å². The summed E-state index contributed by atoms with van der Waals surface area (Å²) in [6, 6.07) is 15.2. The highest BCUT2D eigenvalue weighted by Gasteiger charge is 2.44. The summed E-state index contributed by atoms with van der Waals surface area (Å²) in [6.45, 7) is 4.53. The number of piperidine rings is 1. The van der Waals surface area contributed by atoms with Crippen molar-refractivity contribution >= 4 is 16.9 Å². The molecular weight excluding hydrogens is 407 g/mol. The predicted molar refractivity (Wildman–Crippen MR) is 122 cm³/mol. The molecule has 2 heterocycles. The van der Waals surface area contributed by atoms with Crippen LogP contribution in [0.1, 0.15) is 43.7 Å². The van der Waals surface area contributed by atoms with Gasteiger partial charge in [0.25, 0.3) is 0 Å². The first-order chi connectivity index (χ1) is 15.5. The Kier molecular flexibility index (Phi) is 5.59. The maximum atomic E-state index is 14.0. The SMILES string of the molecule is C[C@@H](CN1CCC(n2c(=O)[nH]c3c(F)cccc32)CC1)NC(=O)[C@@H]1C[C@H]1c1ccccc1. The van der Waals surface area contributed by atoms with Crippen LogP contribution < -0.4 is 11.0 Å². The van der Waals surface area contributed by atoms with E-state index in [2.05, 4.69) is 34.3 Å². The molecule has 7 heteroatoms. The Labute approximate surface area is 186 Å². The Bertz CT molecular complexity index is 1160. The quantitative estimate of drug-likeness (QED) is 0.622. The molecule has 3 aromatic rings. The standard InChI is InChI=1S/C25H29FN4O2/c1-16(27-24(31)20-14-19(20)17-6-3-2-4-7-17)15-29-12-10-18(11-13-29)30-22-9-5-8-21(26)23(22)28-25(30)32/h2-9,16,18-20H,10-15H2,1H3,(H,27,31)(H,28,32)/t16-,19-,20+/m0/s1. The Morgan fingerprint density at radius 3 is 2.66 bits per heavy atom. The van der Waals surface area contributed by atoms with Gasteiger partial charge in [-0.2, -0.15) is 0 Å². The van der Waals surface area contributed by atoms with Crippen molar-refractivity contribution in [3.8, 4) is 0 Å². The molecule has 5 rings (SSSR count). The molecule has 1 aliphatic heterocycles. The van der Waals surface area contributed by atoms with Crippen molar-refractivity contribution in [2.24, 2.45) is 5.92 Å². The number of H-pyrrole nitrogens is 1. The number of carbonyl (C=O) groups is 1. The third kappa shape index (κ3) is 4.09. The topological polar surface area (TPSA) is 70.1 Å². The number of imidazole rings is 1. The van der Waals surface area contributed by atoms with Crippen molar-refractivity contribution < 1.29 is 9.18 Å². The summed E-state index contributed by atoms with van der Waals surface area (Å²) in [5.41, 5.74) is 1.91. The largest absolute Gasteiger partial charge is 0.352 e. The summed E-state index contributed by atoms with van der Waals surface area (Å²) >= 11 is 0. The van der Waals surface area contributed by atoms with Crippen molar-refractivity contribution in [2.75, 3.05) is 19.6 Å². The minimum atomic E-state index is -0.398. The number of benzene rings is 2. The van der Waals surface area contributed by atoms with Crippen molar-refractivity contribution in [1.29, 1.82) is 0 Å². The summed E-state index contributed by atoms with van der Waals surface area (Å²) in [5.74, 6) is 0.178. The van der Waals surface area contributed by atoms with Crippen LogP contribution in [0.5, 0.6) is 0 Å². The van der Waals surface area contributed by atoms with Gasteiger partial charge in [-0.3, -0.25) is 9.36 Å². The Morgan fingerprint density at radius 1 is 1.16 bits per heavy atom. The number of rotatable bonds is 6. The lowest BCUT2D eigenvalue weighted by Gasteiger charge is -2.34. The zero-order valence-corrected chi connectivity index (χ0v) is 18.3. The number of aromatic amines is 1. The Morgan fingerprint density at radius 2 is 1.91 bits per heavy atom. The van der Waals surface area contributed by atoms with Gasteiger partial charge < -0.3 is 15.2 Å². The molecule has 1 saturated carbocycles. The third-order valence-corrected chi connectivity index (χ3v) is 6.90. The van der Waals surface area contributed by atoms with Crippen LogP contribution in [0.15, 0.2) is 53.3 Å². The van der Waals surface area contributed by atoms with Gasteiger partial charge in [0.1, 0.15) is 11.3 Å². The van der Waals surface area contributed by atoms with Gasteiger partial charge in [0.05, 0.1) is 5.52 Å². The first-order valence-electron chi connectivity index (χ1n) is 11.5. The van der Waals surface area contributed by atoms with E-state index in [1.807, 2.05) is 18.2 Å². The van der Waals surface area contributed by atoms with Gasteiger partial charge in [-0.1, -0.05) is 36.4 Å². The van der Waals surface area contributed by atoms with Crippen LogP contribution in [0, 0.1) is 11.7 Å². The number of fused-ring (bicyclic) bond motifs is 1. The van der Waals surface area contributed by atoms with Crippen molar-refractivity contribution in [2.45, 2.75) is 44.2 Å². The van der Waals surface area contributed by atoms with E-state index >= 15 is 0 Å². The minimum absolute atomic E-state index is 0.0530. The second-order valence-electron chi connectivity index (χ2n) is 9.23. The third-order valence-electron chi connectivity index (χ3n) is 6.90. The van der Waals surface area contributed by atoms with Gasteiger partial charge in [-0.25, -0.2) is 9.18 Å². The molecule has 1 amide bonds. The number of amides is 1. The van der Waals surface area contributed by atoms with E-state index in [1.54, 1.807) is 16.7 Å². The molecule has 168 valence electrons. The minimum Gasteiger partial charge on any atom is -0.352 e. The van der Waals surface area contributed by atoms with Crippen LogP contribution in [-0.2, 0) is 4.79 Å². The number of para-hydroxylation sites is 1. The summed E-state index contributed by atoms with van der Waals surface area (Å²) < 4.78 is 15.7. The molecule has 2 aliphatic rings. The number of hydrogen-bond donors (Lipinski definition) is 2. The maximum Gasteiger partial charge on any atom is 0.326 e. The van der Waals surface area contributed by atoms with E-state index in [1.165, 1.54) is 11.6 Å². The molecule has 1 saturated heterocycles. The lowest BCUT2D eigenvalue weighted by Crippen LogP contribution is -2.45. The monoisotopic (exact) mass is 436 g/mol. The van der Waals surface area contributed by atoms with Crippen LogP contribution in [0.4, 0.5) is 4.39 Å². The van der Waals surface area contributed by atoms with Crippen molar-refractivity contribution in [3.63, 3.8) is 0 Å². The van der Waals surface area contributed by atoms with Crippen LogP contribution in [0.2, 0.25) is 0 Å². The van der Waals surface area contributed by atoms with Crippen molar-refractivity contribution in [3.05, 3.63) is 70.4 Å². The number of hydrogen-bond acceptors (Lipinski definition) is 3. The fourth-order valence-corrected chi connectivity index (χ4v) is 5.17. The Balaban J connectivity index is 1.13. The van der Waals surface area contributed by atoms with Crippen LogP contribution in [0.25, 0.3) is 11.0 Å². The highest BCUT2D eigenvalue weighted by Crippen LogP contribution is 2.47. The molecule has 1 aliphatic carbocycles. The number of nitrogens with one attached hydrogen (secondary N) is 2. The summed E-state index contributed by atoms with van der Waals surface area (Å²) in [4.78, 5) is 30.1. The zero-order chi connectivity index (χ0) is 22.2. The van der Waals surface area contributed by atoms with E-state index < -0.39 is 5.82 Å². The highest BCUT2D eigenvalue weighted by atomic mass is 19.1. The summed E-state index contributed by atoms with van der Waals surface area (Å²) in [7, 11) is 0. The zero-order valence-electron chi connectivity index (χ0n) is 18.3. The first kappa shape index (κ1) is 20.9. The summed E-state index contributed by atoms with van der Waals surface area (Å²) in [5, 5.41) is 3.18. The molecule has 0 radical (unpaired) electrons. The maximum absolute atomic E-state index is 14.0. The highest BCUT2D eigenvalue weighted by molar-refractivity contribution is 5.83. The molecule has 32 heavy (non-hydrogen) atoms. The van der Waals surface area contributed by atoms with Gasteiger partial charge in [-0.05, 0) is 49.8 Å². The molecule has 6 nitrogen and oxygen atoms in total. The van der Waals surface area contributed by atoms with Crippen molar-refractivity contribution in [1.82, 2.24) is 19.8 Å². The lowest BCUT2D eigenvalue weighted by atomic mass is 10.0. The molecule has 0 unspecified atom stereocenters. The fourth-order valence-electron chi connectivity index (χ4n) is 5.17. The summed E-state index contributed by atoms with van der Waals surface area (Å²) in [6.07, 6.45) is 2.57. The Hall–Kier alpha value is -2.93. The second-order valence-corrected chi connectivity index (χ2v) is 9.23. The van der Waals surface area contributed by atoms with Gasteiger partial charge >= 0.3 is 5.69 Å². The van der Waals surface area contributed by atoms with E-state index in [9.17, 15) is 14.0 Å². The number of carbonyl (C=O) groups excluding carboxylic acids is 1. The number of aromatic nitrogens is 2. The van der Waals surface area contributed by atoms with Gasteiger partial charge in [-0.15, -0.1) is 0 Å². The molecule has 0 spiro atoms. The molecule has 2 fully saturated rings. The fraction of sp³-hybridized carbons (Fsp3) is 0.440.